The molecule has 0 saturated carbocycles. The lowest BCUT2D eigenvalue weighted by atomic mass is 10.00. The van der Waals surface area contributed by atoms with E-state index in [4.69, 9.17) is 22.3 Å². The normalized spacial score (nSPS) is 13.8. The number of guanidine groups is 1. The second kappa shape index (κ2) is 16.5. The number of carbonyl (C=O) groups is 5. The third-order valence-electron chi connectivity index (χ3n) is 5.82. The topological polar surface area (TPSA) is 273 Å². The predicted octanol–water partition coefficient (Wildman–Crippen LogP) is -1.62. The van der Waals surface area contributed by atoms with Crippen LogP contribution in [-0.4, -0.2) is 81.7 Å². The summed E-state index contributed by atoms with van der Waals surface area (Å²) in [5, 5.41) is 35.3. The summed E-state index contributed by atoms with van der Waals surface area (Å²) < 4.78 is 0. The van der Waals surface area contributed by atoms with E-state index in [1.54, 1.807) is 26.0 Å². The van der Waals surface area contributed by atoms with Crippen LogP contribution in [-0.2, 0) is 30.4 Å². The fraction of sp³-hybridized carbons (Fsp3) is 0.520. The number of hydrogen-bond donors (Lipinski definition) is 9. The summed E-state index contributed by atoms with van der Waals surface area (Å²) in [4.78, 5) is 65.3. The highest BCUT2D eigenvalue weighted by atomic mass is 16.4. The molecule has 0 aliphatic carbocycles. The quantitative estimate of drug-likeness (QED) is 0.0587. The summed E-state index contributed by atoms with van der Waals surface area (Å²) >= 11 is 0. The standard InChI is InChI=1S/C25H39N7O8/c1-13(2)20(32-21(36)16(26)12-14-5-7-15(33)8-6-14)23(38)30-17(9-10-19(34)35)22(37)31-18(24(39)40)4-3-11-29-25(27)28/h5-8,13,16-18,20,33H,3-4,9-12,26H2,1-2H3,(H,30,38)(H,31,37)(H,32,36)(H,34,35)(H,39,40)(H4,27,28,29). The van der Waals surface area contributed by atoms with Crippen LogP contribution in [0, 0.1) is 5.92 Å². The molecular weight excluding hydrogens is 526 g/mol. The third kappa shape index (κ3) is 12.4. The van der Waals surface area contributed by atoms with E-state index in [9.17, 15) is 34.2 Å². The fourth-order valence-electron chi connectivity index (χ4n) is 3.61. The molecule has 40 heavy (non-hydrogen) atoms. The number of phenols is 1. The molecule has 0 aliphatic heterocycles. The lowest BCUT2D eigenvalue weighted by molar-refractivity contribution is -0.143. The zero-order chi connectivity index (χ0) is 30.4. The van der Waals surface area contributed by atoms with Crippen molar-refractivity contribution in [2.75, 3.05) is 6.54 Å². The highest BCUT2D eigenvalue weighted by Gasteiger charge is 2.32. The first kappa shape index (κ1) is 33.6. The molecule has 0 heterocycles. The van der Waals surface area contributed by atoms with Crippen LogP contribution in [0.2, 0.25) is 0 Å². The summed E-state index contributed by atoms with van der Waals surface area (Å²) in [6.45, 7) is 3.44. The van der Waals surface area contributed by atoms with Gasteiger partial charge in [0, 0.05) is 13.0 Å². The predicted molar refractivity (Wildman–Crippen MR) is 145 cm³/mol. The lowest BCUT2D eigenvalue weighted by Gasteiger charge is -2.27. The van der Waals surface area contributed by atoms with Gasteiger partial charge in [0.25, 0.3) is 0 Å². The van der Waals surface area contributed by atoms with Crippen molar-refractivity contribution in [1.29, 1.82) is 0 Å². The van der Waals surface area contributed by atoms with Crippen LogP contribution in [0.25, 0.3) is 0 Å². The van der Waals surface area contributed by atoms with Gasteiger partial charge in [-0.1, -0.05) is 26.0 Å². The number of nitrogens with two attached hydrogens (primary N) is 3. The van der Waals surface area contributed by atoms with Crippen LogP contribution in [0.1, 0.15) is 45.1 Å². The van der Waals surface area contributed by atoms with Gasteiger partial charge in [-0.3, -0.25) is 24.2 Å². The third-order valence-corrected chi connectivity index (χ3v) is 5.82. The second-order valence-corrected chi connectivity index (χ2v) is 9.55. The second-order valence-electron chi connectivity index (χ2n) is 9.55. The lowest BCUT2D eigenvalue weighted by Crippen LogP contribution is -2.58. The SMILES string of the molecule is CC(C)C(NC(=O)C(N)Cc1ccc(O)cc1)C(=O)NC(CCC(=O)O)C(=O)NC(CCCN=C(N)N)C(=O)O. The average molecular weight is 566 g/mol. The summed E-state index contributed by atoms with van der Waals surface area (Å²) in [6.07, 6.45) is -0.487. The van der Waals surface area contributed by atoms with Crippen molar-refractivity contribution in [3.63, 3.8) is 0 Å². The number of nitrogens with zero attached hydrogens (tertiary/aromatic N) is 1. The van der Waals surface area contributed by atoms with Gasteiger partial charge in [0.05, 0.1) is 6.04 Å². The molecule has 0 aromatic heterocycles. The number of aliphatic carboxylic acids is 2. The van der Waals surface area contributed by atoms with Crippen LogP contribution < -0.4 is 33.2 Å². The first-order chi connectivity index (χ1) is 18.7. The zero-order valence-corrected chi connectivity index (χ0v) is 22.5. The van der Waals surface area contributed by atoms with Gasteiger partial charge in [0.1, 0.15) is 23.9 Å². The van der Waals surface area contributed by atoms with Crippen molar-refractivity contribution in [1.82, 2.24) is 16.0 Å². The zero-order valence-electron chi connectivity index (χ0n) is 22.5. The highest BCUT2D eigenvalue weighted by molar-refractivity contribution is 5.94. The molecule has 1 rings (SSSR count). The maximum absolute atomic E-state index is 13.1. The minimum absolute atomic E-state index is 0.0267. The number of nitrogens with one attached hydrogen (secondary N) is 3. The first-order valence-electron chi connectivity index (χ1n) is 12.7. The number of aromatic hydroxyl groups is 1. The van der Waals surface area contributed by atoms with Gasteiger partial charge in [0.2, 0.25) is 17.7 Å². The van der Waals surface area contributed by atoms with Gasteiger partial charge in [-0.2, -0.15) is 0 Å². The number of carbonyl (C=O) groups excluding carboxylic acids is 3. The number of benzene rings is 1. The number of hydrogen-bond acceptors (Lipinski definition) is 8. The maximum Gasteiger partial charge on any atom is 0.326 e. The van der Waals surface area contributed by atoms with Gasteiger partial charge in [0.15, 0.2) is 5.96 Å². The van der Waals surface area contributed by atoms with Crippen LogP contribution in [0.3, 0.4) is 0 Å². The van der Waals surface area contributed by atoms with E-state index in [0.29, 0.717) is 5.56 Å². The fourth-order valence-corrected chi connectivity index (χ4v) is 3.61. The summed E-state index contributed by atoms with van der Waals surface area (Å²) in [5.74, 6) is -5.44. The molecule has 15 heteroatoms. The molecule has 222 valence electrons. The van der Waals surface area contributed by atoms with E-state index in [-0.39, 0.29) is 43.9 Å². The van der Waals surface area contributed by atoms with Gasteiger partial charge < -0.3 is 48.5 Å². The van der Waals surface area contributed by atoms with E-state index < -0.39 is 66.2 Å². The van der Waals surface area contributed by atoms with Crippen molar-refractivity contribution >= 4 is 35.6 Å². The Hall–Kier alpha value is -4.40. The summed E-state index contributed by atoms with van der Waals surface area (Å²) in [5.41, 5.74) is 17.2. The Morgan fingerprint density at radius 1 is 0.875 bits per heavy atom. The number of carboxylic acid groups (broad SMARTS) is 2. The molecule has 4 atom stereocenters. The molecular formula is C25H39N7O8. The maximum atomic E-state index is 13.1. The largest absolute Gasteiger partial charge is 0.508 e. The Morgan fingerprint density at radius 2 is 1.48 bits per heavy atom. The Labute approximate surface area is 231 Å². The number of rotatable bonds is 17. The number of aliphatic imine (C=N–C) groups is 1. The Balaban J connectivity index is 2.94. The Bertz CT molecular complexity index is 1060. The first-order valence-corrected chi connectivity index (χ1v) is 12.7. The van der Waals surface area contributed by atoms with Gasteiger partial charge in [-0.05, 0) is 49.3 Å². The molecule has 0 fully saturated rings. The number of amides is 3. The smallest absolute Gasteiger partial charge is 0.326 e. The van der Waals surface area contributed by atoms with E-state index in [1.165, 1.54) is 12.1 Å². The van der Waals surface area contributed by atoms with E-state index >= 15 is 0 Å². The van der Waals surface area contributed by atoms with Crippen molar-refractivity contribution in [3.8, 4) is 5.75 Å². The van der Waals surface area contributed by atoms with Gasteiger partial charge >= 0.3 is 11.9 Å². The monoisotopic (exact) mass is 565 g/mol. The van der Waals surface area contributed by atoms with Crippen molar-refractivity contribution in [2.24, 2.45) is 28.1 Å². The number of carboxylic acids is 2. The van der Waals surface area contributed by atoms with E-state index in [2.05, 4.69) is 20.9 Å². The molecule has 1 aromatic rings. The Kier molecular flexibility index (Phi) is 13.9. The molecule has 12 N–H and O–H groups in total. The van der Waals surface area contributed by atoms with Crippen molar-refractivity contribution < 1.29 is 39.3 Å². The minimum atomic E-state index is -1.40. The van der Waals surface area contributed by atoms with Crippen LogP contribution in [0.5, 0.6) is 5.75 Å². The van der Waals surface area contributed by atoms with Gasteiger partial charge in [-0.15, -0.1) is 0 Å². The highest BCUT2D eigenvalue weighted by Crippen LogP contribution is 2.12. The molecule has 0 saturated heterocycles. The Morgan fingerprint density at radius 3 is 2.00 bits per heavy atom. The molecule has 1 aromatic carbocycles. The minimum Gasteiger partial charge on any atom is -0.508 e. The summed E-state index contributed by atoms with van der Waals surface area (Å²) in [7, 11) is 0. The number of phenolic OH excluding ortho intramolecular Hbond substituents is 1. The molecule has 0 bridgehead atoms. The molecule has 0 spiro atoms. The molecule has 3 amide bonds. The molecule has 0 aliphatic rings. The van der Waals surface area contributed by atoms with Crippen LogP contribution in [0.15, 0.2) is 29.3 Å². The van der Waals surface area contributed by atoms with Gasteiger partial charge in [-0.25, -0.2) is 4.79 Å². The van der Waals surface area contributed by atoms with E-state index in [1.807, 2.05) is 0 Å². The van der Waals surface area contributed by atoms with Crippen molar-refractivity contribution in [2.45, 2.75) is 70.1 Å². The van der Waals surface area contributed by atoms with Crippen LogP contribution >= 0.6 is 0 Å². The molecule has 15 nitrogen and oxygen atoms in total. The van der Waals surface area contributed by atoms with Crippen LogP contribution in [0.4, 0.5) is 0 Å². The molecule has 4 unspecified atom stereocenters. The summed E-state index contributed by atoms with van der Waals surface area (Å²) in [6, 6.07) is 1.21. The van der Waals surface area contributed by atoms with E-state index in [0.717, 1.165) is 0 Å². The average Bonchev–Trinajstić information content (AvgIpc) is 2.86. The molecule has 0 radical (unpaired) electrons. The van der Waals surface area contributed by atoms with Crippen molar-refractivity contribution in [3.05, 3.63) is 29.8 Å².